The van der Waals surface area contributed by atoms with Crippen molar-refractivity contribution in [2.75, 3.05) is 36.0 Å². The van der Waals surface area contributed by atoms with Crippen molar-refractivity contribution in [3.05, 3.63) is 41.9 Å². The number of rotatable bonds is 2. The molecule has 2 aromatic rings. The third-order valence-corrected chi connectivity index (χ3v) is 4.77. The molecule has 0 bridgehead atoms. The second-order valence-corrected chi connectivity index (χ2v) is 6.63. The molecule has 6 heteroatoms. The van der Waals surface area contributed by atoms with Gasteiger partial charge >= 0.3 is 0 Å². The summed E-state index contributed by atoms with van der Waals surface area (Å²) >= 11 is 0. The Morgan fingerprint density at radius 3 is 2.58 bits per heavy atom. The predicted octanol–water partition coefficient (Wildman–Crippen LogP) is 1.96. The Hall–Kier alpha value is -2.50. The van der Waals surface area contributed by atoms with Gasteiger partial charge in [0, 0.05) is 45.0 Å². The summed E-state index contributed by atoms with van der Waals surface area (Å²) in [4.78, 5) is 30.1. The first-order valence-corrected chi connectivity index (χ1v) is 8.51. The van der Waals surface area contributed by atoms with Gasteiger partial charge in [0.15, 0.2) is 5.78 Å². The molecule has 0 radical (unpaired) electrons. The average Bonchev–Trinajstić information content (AvgIpc) is 2.62. The van der Waals surface area contributed by atoms with Crippen molar-refractivity contribution >= 4 is 17.5 Å². The van der Waals surface area contributed by atoms with Crippen LogP contribution in [0.5, 0.6) is 0 Å². The molecule has 3 heterocycles. The molecule has 0 aromatic carbocycles. The molecule has 4 rings (SSSR count). The van der Waals surface area contributed by atoms with Crippen molar-refractivity contribution in [3.8, 4) is 0 Å². The van der Waals surface area contributed by atoms with E-state index in [0.29, 0.717) is 17.9 Å². The number of anilines is 2. The maximum Gasteiger partial charge on any atom is 0.225 e. The van der Waals surface area contributed by atoms with Gasteiger partial charge in [-0.1, -0.05) is 13.0 Å². The minimum atomic E-state index is 0.176. The van der Waals surface area contributed by atoms with Gasteiger partial charge in [0.25, 0.3) is 0 Å². The third kappa shape index (κ3) is 2.84. The molecule has 1 aliphatic carbocycles. The van der Waals surface area contributed by atoms with E-state index in [1.165, 1.54) is 0 Å². The predicted molar refractivity (Wildman–Crippen MR) is 92.5 cm³/mol. The average molecular weight is 323 g/mol. The molecule has 0 spiro atoms. The van der Waals surface area contributed by atoms with Crippen LogP contribution < -0.4 is 9.80 Å². The van der Waals surface area contributed by atoms with Gasteiger partial charge in [0.1, 0.15) is 5.82 Å². The van der Waals surface area contributed by atoms with Crippen LogP contribution in [0.2, 0.25) is 0 Å². The molecule has 6 nitrogen and oxygen atoms in total. The molecule has 0 amide bonds. The number of nitrogens with zero attached hydrogens (tertiary/aromatic N) is 5. The Labute approximate surface area is 141 Å². The number of carbonyl (C=O) groups excluding carboxylic acids is 1. The summed E-state index contributed by atoms with van der Waals surface area (Å²) in [6.45, 7) is 5.62. The number of aromatic nitrogens is 3. The molecule has 0 N–H and O–H groups in total. The number of ketones is 1. The highest BCUT2D eigenvalue weighted by atomic mass is 16.1. The van der Waals surface area contributed by atoms with Crippen molar-refractivity contribution in [3.63, 3.8) is 0 Å². The Morgan fingerprint density at radius 1 is 1.04 bits per heavy atom. The van der Waals surface area contributed by atoms with Gasteiger partial charge in [-0.15, -0.1) is 0 Å². The molecule has 0 unspecified atom stereocenters. The zero-order valence-corrected chi connectivity index (χ0v) is 13.9. The maximum atomic E-state index is 12.1. The van der Waals surface area contributed by atoms with E-state index in [1.54, 1.807) is 6.20 Å². The van der Waals surface area contributed by atoms with Crippen LogP contribution in [0.15, 0.2) is 30.6 Å². The Morgan fingerprint density at radius 2 is 1.83 bits per heavy atom. The molecular formula is C18H21N5O. The molecule has 24 heavy (non-hydrogen) atoms. The smallest absolute Gasteiger partial charge is 0.225 e. The maximum absolute atomic E-state index is 12.1. The van der Waals surface area contributed by atoms with Crippen LogP contribution >= 0.6 is 0 Å². The minimum Gasteiger partial charge on any atom is -0.353 e. The van der Waals surface area contributed by atoms with E-state index >= 15 is 0 Å². The summed E-state index contributed by atoms with van der Waals surface area (Å²) in [5.74, 6) is 2.31. The van der Waals surface area contributed by atoms with E-state index in [4.69, 9.17) is 4.98 Å². The highest BCUT2D eigenvalue weighted by molar-refractivity contribution is 5.98. The fourth-order valence-corrected chi connectivity index (χ4v) is 3.45. The Bertz CT molecular complexity index is 740. The van der Waals surface area contributed by atoms with Crippen LogP contribution in [-0.4, -0.2) is 46.9 Å². The van der Waals surface area contributed by atoms with Crippen LogP contribution in [0, 0.1) is 5.92 Å². The van der Waals surface area contributed by atoms with Gasteiger partial charge in [0.05, 0.1) is 11.3 Å². The van der Waals surface area contributed by atoms with Crippen molar-refractivity contribution < 1.29 is 4.79 Å². The Balaban J connectivity index is 1.48. The van der Waals surface area contributed by atoms with Gasteiger partial charge in [-0.05, 0) is 24.5 Å². The molecule has 1 fully saturated rings. The fourth-order valence-electron chi connectivity index (χ4n) is 3.45. The SMILES string of the molecule is C[C@@H]1CC(=O)c2cnc(N3CCN(c4ccccn4)CC3)nc2C1. The summed E-state index contributed by atoms with van der Waals surface area (Å²) < 4.78 is 0. The standard InChI is InChI=1S/C18H21N5O/c1-13-10-15-14(16(24)11-13)12-20-18(21-15)23-8-6-22(7-9-23)17-4-2-3-5-19-17/h2-5,12-13H,6-11H2,1H3/t13-/m0/s1. The van der Waals surface area contributed by atoms with E-state index in [0.717, 1.165) is 50.1 Å². The largest absolute Gasteiger partial charge is 0.353 e. The van der Waals surface area contributed by atoms with Gasteiger partial charge < -0.3 is 9.80 Å². The van der Waals surface area contributed by atoms with Crippen LogP contribution in [0.3, 0.4) is 0 Å². The zero-order chi connectivity index (χ0) is 16.5. The van der Waals surface area contributed by atoms with E-state index in [2.05, 4.69) is 26.7 Å². The molecule has 2 aromatic heterocycles. The molecular weight excluding hydrogens is 302 g/mol. The van der Waals surface area contributed by atoms with Crippen LogP contribution in [0.25, 0.3) is 0 Å². The lowest BCUT2D eigenvalue weighted by atomic mass is 9.88. The second-order valence-electron chi connectivity index (χ2n) is 6.63. The number of carbonyl (C=O) groups is 1. The van der Waals surface area contributed by atoms with Gasteiger partial charge in [-0.25, -0.2) is 15.0 Å². The van der Waals surface area contributed by atoms with E-state index in [-0.39, 0.29) is 5.78 Å². The first-order chi connectivity index (χ1) is 11.7. The third-order valence-electron chi connectivity index (χ3n) is 4.77. The van der Waals surface area contributed by atoms with Crippen molar-refractivity contribution in [1.82, 2.24) is 15.0 Å². The topological polar surface area (TPSA) is 62.2 Å². The van der Waals surface area contributed by atoms with E-state index in [1.807, 2.05) is 24.4 Å². The number of pyridine rings is 1. The Kier molecular flexibility index (Phi) is 3.88. The van der Waals surface area contributed by atoms with Crippen molar-refractivity contribution in [1.29, 1.82) is 0 Å². The van der Waals surface area contributed by atoms with Gasteiger partial charge in [-0.2, -0.15) is 0 Å². The number of hydrogen-bond donors (Lipinski definition) is 0. The molecule has 0 saturated carbocycles. The van der Waals surface area contributed by atoms with Crippen LogP contribution in [0.1, 0.15) is 29.4 Å². The molecule has 1 atom stereocenters. The van der Waals surface area contributed by atoms with Gasteiger partial charge in [0.2, 0.25) is 5.95 Å². The minimum absolute atomic E-state index is 0.176. The summed E-state index contributed by atoms with van der Waals surface area (Å²) in [5.41, 5.74) is 1.62. The lowest BCUT2D eigenvalue weighted by Gasteiger charge is -2.35. The van der Waals surface area contributed by atoms with Crippen LogP contribution in [0.4, 0.5) is 11.8 Å². The lowest BCUT2D eigenvalue weighted by Crippen LogP contribution is -2.47. The quantitative estimate of drug-likeness (QED) is 0.842. The first kappa shape index (κ1) is 15.1. The normalized spacial score (nSPS) is 20.9. The highest BCUT2D eigenvalue weighted by Crippen LogP contribution is 2.25. The monoisotopic (exact) mass is 323 g/mol. The summed E-state index contributed by atoms with van der Waals surface area (Å²) in [6.07, 6.45) is 5.02. The van der Waals surface area contributed by atoms with Crippen molar-refractivity contribution in [2.45, 2.75) is 19.8 Å². The molecule has 1 saturated heterocycles. The number of piperazine rings is 1. The van der Waals surface area contributed by atoms with E-state index < -0.39 is 0 Å². The fraction of sp³-hybridized carbons (Fsp3) is 0.444. The van der Waals surface area contributed by atoms with E-state index in [9.17, 15) is 4.79 Å². The first-order valence-electron chi connectivity index (χ1n) is 8.51. The second kappa shape index (κ2) is 6.19. The van der Waals surface area contributed by atoms with Crippen molar-refractivity contribution in [2.24, 2.45) is 5.92 Å². The van der Waals surface area contributed by atoms with Crippen LogP contribution in [-0.2, 0) is 6.42 Å². The summed E-state index contributed by atoms with van der Waals surface area (Å²) in [7, 11) is 0. The number of fused-ring (bicyclic) bond motifs is 1. The summed E-state index contributed by atoms with van der Waals surface area (Å²) in [6, 6.07) is 5.99. The molecule has 1 aliphatic heterocycles. The zero-order valence-electron chi connectivity index (χ0n) is 13.9. The lowest BCUT2D eigenvalue weighted by molar-refractivity contribution is 0.0951. The highest BCUT2D eigenvalue weighted by Gasteiger charge is 2.26. The van der Waals surface area contributed by atoms with Gasteiger partial charge in [-0.3, -0.25) is 4.79 Å². The number of hydrogen-bond acceptors (Lipinski definition) is 6. The molecule has 2 aliphatic rings. The summed E-state index contributed by atoms with van der Waals surface area (Å²) in [5, 5.41) is 0. The molecule has 124 valence electrons. The number of Topliss-reactive ketones (excluding diaryl/α,β-unsaturated/α-hetero) is 1.